The topological polar surface area (TPSA) is 50.2 Å². The summed E-state index contributed by atoms with van der Waals surface area (Å²) >= 11 is 0. The average molecular weight is 326 g/mol. The molecule has 7 heteroatoms. The molecule has 2 aliphatic carbocycles. The van der Waals surface area contributed by atoms with E-state index < -0.39 is 6.55 Å². The molecule has 1 N–H and O–H groups in total. The standard InChI is InChI=1S/C16H24F2N4O/c1-21(10-14-19-7-8-22(14)15(17)18)16(23)20-13-9-12(13)11-5-3-2-4-6-11/h7-8,11-13,15H,2-6,9-10H2,1H3,(H,20,23)/t12-,13+/m1/s1. The molecule has 0 unspecified atom stereocenters. The molecule has 3 rings (SSSR count). The molecule has 2 atom stereocenters. The minimum absolute atomic E-state index is 0.0734. The van der Waals surface area contributed by atoms with E-state index in [4.69, 9.17) is 0 Å². The summed E-state index contributed by atoms with van der Waals surface area (Å²) < 4.78 is 26.4. The molecular weight excluding hydrogens is 302 g/mol. The van der Waals surface area contributed by atoms with Crippen molar-refractivity contribution in [2.24, 2.45) is 11.8 Å². The molecular formula is C16H24F2N4O. The first kappa shape index (κ1) is 16.2. The third-order valence-corrected chi connectivity index (χ3v) is 5.09. The van der Waals surface area contributed by atoms with Gasteiger partial charge in [-0.05, 0) is 18.3 Å². The molecule has 1 heterocycles. The number of carbonyl (C=O) groups is 1. The highest BCUT2D eigenvalue weighted by atomic mass is 19.3. The third-order valence-electron chi connectivity index (χ3n) is 5.09. The number of amides is 2. The molecule has 2 fully saturated rings. The minimum Gasteiger partial charge on any atom is -0.335 e. The lowest BCUT2D eigenvalue weighted by Crippen LogP contribution is -2.39. The van der Waals surface area contributed by atoms with Crippen LogP contribution in [0.15, 0.2) is 12.4 Å². The number of urea groups is 1. The van der Waals surface area contributed by atoms with E-state index >= 15 is 0 Å². The summed E-state index contributed by atoms with van der Waals surface area (Å²) in [6.07, 6.45) is 10.1. The Morgan fingerprint density at radius 3 is 2.87 bits per heavy atom. The largest absolute Gasteiger partial charge is 0.335 e. The first-order valence-electron chi connectivity index (χ1n) is 8.37. The summed E-state index contributed by atoms with van der Waals surface area (Å²) in [6.45, 7) is -2.56. The van der Waals surface area contributed by atoms with Gasteiger partial charge in [0.1, 0.15) is 5.82 Å². The normalized spacial score (nSPS) is 24.7. The Balaban J connectivity index is 1.48. The molecule has 0 spiro atoms. The van der Waals surface area contributed by atoms with Crippen molar-refractivity contribution in [2.75, 3.05) is 7.05 Å². The maximum atomic E-state index is 12.8. The highest BCUT2D eigenvalue weighted by molar-refractivity contribution is 5.74. The second-order valence-corrected chi connectivity index (χ2v) is 6.74. The zero-order valence-electron chi connectivity index (χ0n) is 13.4. The Labute approximate surface area is 135 Å². The summed E-state index contributed by atoms with van der Waals surface area (Å²) in [5, 5.41) is 3.02. The number of nitrogens with zero attached hydrogens (tertiary/aromatic N) is 3. The van der Waals surface area contributed by atoms with Crippen molar-refractivity contribution in [3.63, 3.8) is 0 Å². The molecule has 0 aliphatic heterocycles. The van der Waals surface area contributed by atoms with E-state index in [0.29, 0.717) is 5.92 Å². The van der Waals surface area contributed by atoms with Crippen molar-refractivity contribution >= 4 is 6.03 Å². The zero-order valence-corrected chi connectivity index (χ0v) is 13.4. The van der Waals surface area contributed by atoms with E-state index in [1.807, 2.05) is 0 Å². The molecule has 0 radical (unpaired) electrons. The monoisotopic (exact) mass is 326 g/mol. The molecule has 128 valence electrons. The van der Waals surface area contributed by atoms with Crippen LogP contribution in [0.25, 0.3) is 0 Å². The quantitative estimate of drug-likeness (QED) is 0.902. The van der Waals surface area contributed by atoms with Crippen LogP contribution in [0.1, 0.15) is 50.9 Å². The van der Waals surface area contributed by atoms with Crippen LogP contribution in [0.2, 0.25) is 0 Å². The number of rotatable bonds is 5. The van der Waals surface area contributed by atoms with E-state index in [1.165, 1.54) is 49.4 Å². The Morgan fingerprint density at radius 2 is 2.17 bits per heavy atom. The van der Waals surface area contributed by atoms with Crippen LogP contribution < -0.4 is 5.32 Å². The van der Waals surface area contributed by atoms with Gasteiger partial charge < -0.3 is 10.2 Å². The third kappa shape index (κ3) is 3.82. The van der Waals surface area contributed by atoms with Crippen molar-refractivity contribution in [2.45, 2.75) is 57.7 Å². The second kappa shape index (κ2) is 6.84. The molecule has 2 amide bonds. The minimum atomic E-state index is -2.64. The van der Waals surface area contributed by atoms with Crippen LogP contribution in [0.5, 0.6) is 0 Å². The van der Waals surface area contributed by atoms with Crippen molar-refractivity contribution < 1.29 is 13.6 Å². The number of aromatic nitrogens is 2. The van der Waals surface area contributed by atoms with Gasteiger partial charge in [0, 0.05) is 25.5 Å². The lowest BCUT2D eigenvalue weighted by Gasteiger charge is -2.22. The van der Waals surface area contributed by atoms with Crippen molar-refractivity contribution in [1.29, 1.82) is 0 Å². The molecule has 0 aromatic carbocycles. The van der Waals surface area contributed by atoms with Crippen molar-refractivity contribution in [3.8, 4) is 0 Å². The van der Waals surface area contributed by atoms with Gasteiger partial charge in [0.05, 0.1) is 6.54 Å². The van der Waals surface area contributed by atoms with Gasteiger partial charge in [-0.25, -0.2) is 9.78 Å². The van der Waals surface area contributed by atoms with Crippen LogP contribution in [-0.4, -0.2) is 33.6 Å². The maximum absolute atomic E-state index is 12.8. The first-order valence-corrected chi connectivity index (χ1v) is 8.37. The molecule has 2 saturated carbocycles. The van der Waals surface area contributed by atoms with Crippen LogP contribution in [-0.2, 0) is 6.54 Å². The Kier molecular flexibility index (Phi) is 4.82. The SMILES string of the molecule is CN(Cc1nccn1C(F)F)C(=O)N[C@H]1C[C@@H]1C1CCCCC1. The van der Waals surface area contributed by atoms with E-state index in [9.17, 15) is 13.6 Å². The van der Waals surface area contributed by atoms with Gasteiger partial charge in [-0.2, -0.15) is 8.78 Å². The summed E-state index contributed by atoms with van der Waals surface area (Å²) in [5.74, 6) is 1.55. The molecule has 0 bridgehead atoms. The molecule has 1 aromatic rings. The lowest BCUT2D eigenvalue weighted by atomic mass is 9.85. The Morgan fingerprint density at radius 1 is 1.43 bits per heavy atom. The lowest BCUT2D eigenvalue weighted by molar-refractivity contribution is 0.0651. The number of halogens is 2. The molecule has 0 saturated heterocycles. The second-order valence-electron chi connectivity index (χ2n) is 6.74. The van der Waals surface area contributed by atoms with Crippen molar-refractivity contribution in [1.82, 2.24) is 19.8 Å². The average Bonchev–Trinajstić information content (AvgIpc) is 3.14. The fourth-order valence-electron chi connectivity index (χ4n) is 3.66. The van der Waals surface area contributed by atoms with Crippen molar-refractivity contribution in [3.05, 3.63) is 18.2 Å². The van der Waals surface area contributed by atoms with Crippen LogP contribution in [0.4, 0.5) is 13.6 Å². The molecule has 5 nitrogen and oxygen atoms in total. The predicted molar refractivity (Wildman–Crippen MR) is 81.9 cm³/mol. The maximum Gasteiger partial charge on any atom is 0.319 e. The number of hydrogen-bond donors (Lipinski definition) is 1. The van der Waals surface area contributed by atoms with Crippen LogP contribution >= 0.6 is 0 Å². The van der Waals surface area contributed by atoms with Gasteiger partial charge in [-0.15, -0.1) is 0 Å². The first-order chi connectivity index (χ1) is 11.1. The fraction of sp³-hybridized carbons (Fsp3) is 0.750. The van der Waals surface area contributed by atoms with Gasteiger partial charge >= 0.3 is 12.6 Å². The van der Waals surface area contributed by atoms with Gasteiger partial charge in [-0.1, -0.05) is 32.1 Å². The van der Waals surface area contributed by atoms with E-state index in [1.54, 1.807) is 7.05 Å². The summed E-state index contributed by atoms with van der Waals surface area (Å²) in [6, 6.07) is 0.0417. The van der Waals surface area contributed by atoms with Gasteiger partial charge in [0.15, 0.2) is 0 Å². The summed E-state index contributed by atoms with van der Waals surface area (Å²) in [7, 11) is 1.61. The highest BCUT2D eigenvalue weighted by Crippen LogP contribution is 2.44. The Bertz CT molecular complexity index is 542. The fourth-order valence-corrected chi connectivity index (χ4v) is 3.66. The number of carbonyl (C=O) groups excluding carboxylic acids is 1. The van der Waals surface area contributed by atoms with Gasteiger partial charge in [0.2, 0.25) is 0 Å². The number of alkyl halides is 2. The van der Waals surface area contributed by atoms with Crippen LogP contribution in [0.3, 0.4) is 0 Å². The summed E-state index contributed by atoms with van der Waals surface area (Å²) in [4.78, 5) is 17.5. The highest BCUT2D eigenvalue weighted by Gasteiger charge is 2.44. The van der Waals surface area contributed by atoms with E-state index in [-0.39, 0.29) is 24.4 Å². The predicted octanol–water partition coefficient (Wildman–Crippen LogP) is 3.39. The zero-order chi connectivity index (χ0) is 16.4. The number of imidazole rings is 1. The number of hydrogen-bond acceptors (Lipinski definition) is 2. The molecule has 23 heavy (non-hydrogen) atoms. The smallest absolute Gasteiger partial charge is 0.319 e. The van der Waals surface area contributed by atoms with Gasteiger partial charge in [0.25, 0.3) is 0 Å². The van der Waals surface area contributed by atoms with E-state index in [0.717, 1.165) is 16.9 Å². The Hall–Kier alpha value is -1.66. The number of nitrogens with one attached hydrogen (secondary N) is 1. The van der Waals surface area contributed by atoms with Crippen LogP contribution in [0, 0.1) is 11.8 Å². The van der Waals surface area contributed by atoms with Gasteiger partial charge in [-0.3, -0.25) is 4.57 Å². The van der Waals surface area contributed by atoms with E-state index in [2.05, 4.69) is 10.3 Å². The molecule has 2 aliphatic rings. The molecule has 1 aromatic heterocycles. The summed E-state index contributed by atoms with van der Waals surface area (Å²) in [5.41, 5.74) is 0.